The Morgan fingerprint density at radius 1 is 1.50 bits per heavy atom. The van der Waals surface area contributed by atoms with Gasteiger partial charge in [-0.15, -0.1) is 0 Å². The van der Waals surface area contributed by atoms with Crippen LogP contribution in [0.3, 0.4) is 0 Å². The predicted molar refractivity (Wildman–Crippen MR) is 63.2 cm³/mol. The van der Waals surface area contributed by atoms with Crippen molar-refractivity contribution in [3.8, 4) is 0 Å². The fourth-order valence-corrected chi connectivity index (χ4v) is 1.85. The Morgan fingerprint density at radius 2 is 2.22 bits per heavy atom. The summed E-state index contributed by atoms with van der Waals surface area (Å²) in [6, 6.07) is 4.02. The van der Waals surface area contributed by atoms with Crippen molar-refractivity contribution in [1.29, 1.82) is 0 Å². The number of halogens is 2. The van der Waals surface area contributed by atoms with Crippen LogP contribution in [0.5, 0.6) is 0 Å². The molecule has 0 amide bonds. The molecule has 0 unspecified atom stereocenters. The Bertz CT molecular complexity index is 684. The summed E-state index contributed by atoms with van der Waals surface area (Å²) in [5.41, 5.74) is -0.527. The van der Waals surface area contributed by atoms with Gasteiger partial charge in [0.25, 0.3) is 5.56 Å². The molecule has 0 aliphatic rings. The summed E-state index contributed by atoms with van der Waals surface area (Å²) in [4.78, 5) is 26.3. The van der Waals surface area contributed by atoms with E-state index < -0.39 is 17.3 Å². The number of aliphatic carboxylic acids is 1. The van der Waals surface area contributed by atoms with Gasteiger partial charge in [-0.2, -0.15) is 0 Å². The van der Waals surface area contributed by atoms with Crippen molar-refractivity contribution in [3.05, 3.63) is 39.7 Å². The molecule has 0 bridgehead atoms. The SMILES string of the molecule is O=C(O)CCn1c(Cl)nc2cccc(F)c2c1=O. The molecular formula is C11H8ClFN2O3. The second-order valence-electron chi connectivity index (χ2n) is 3.62. The first-order valence-corrected chi connectivity index (χ1v) is 5.45. The van der Waals surface area contributed by atoms with Crippen molar-refractivity contribution in [2.45, 2.75) is 13.0 Å². The summed E-state index contributed by atoms with van der Waals surface area (Å²) in [5.74, 6) is -1.78. The van der Waals surface area contributed by atoms with Gasteiger partial charge in [-0.3, -0.25) is 14.2 Å². The lowest BCUT2D eigenvalue weighted by Crippen LogP contribution is -2.24. The van der Waals surface area contributed by atoms with Crippen LogP contribution in [0.25, 0.3) is 10.9 Å². The third-order valence-electron chi connectivity index (χ3n) is 2.44. The van der Waals surface area contributed by atoms with Crippen molar-refractivity contribution in [2.24, 2.45) is 0 Å². The maximum atomic E-state index is 13.5. The summed E-state index contributed by atoms with van der Waals surface area (Å²) in [5, 5.41) is 8.23. The predicted octanol–water partition coefficient (Wildman–Crippen LogP) is 1.66. The van der Waals surface area contributed by atoms with Gasteiger partial charge in [0, 0.05) is 6.54 Å². The average molecular weight is 271 g/mol. The highest BCUT2D eigenvalue weighted by atomic mass is 35.5. The highest BCUT2D eigenvalue weighted by molar-refractivity contribution is 6.28. The Labute approximate surface area is 105 Å². The van der Waals surface area contributed by atoms with Crippen LogP contribution in [0.2, 0.25) is 5.28 Å². The summed E-state index contributed by atoms with van der Waals surface area (Å²) in [7, 11) is 0. The van der Waals surface area contributed by atoms with Gasteiger partial charge < -0.3 is 5.11 Å². The lowest BCUT2D eigenvalue weighted by molar-refractivity contribution is -0.137. The molecular weight excluding hydrogens is 263 g/mol. The maximum Gasteiger partial charge on any atom is 0.305 e. The van der Waals surface area contributed by atoms with E-state index in [2.05, 4.69) is 4.98 Å². The van der Waals surface area contributed by atoms with E-state index in [9.17, 15) is 14.0 Å². The van der Waals surface area contributed by atoms with Crippen molar-refractivity contribution in [2.75, 3.05) is 0 Å². The van der Waals surface area contributed by atoms with Crippen LogP contribution in [0.1, 0.15) is 6.42 Å². The minimum Gasteiger partial charge on any atom is -0.481 e. The minimum atomic E-state index is -1.08. The number of fused-ring (bicyclic) bond motifs is 1. The molecule has 0 atom stereocenters. The van der Waals surface area contributed by atoms with E-state index in [0.717, 1.165) is 10.6 Å². The van der Waals surface area contributed by atoms with E-state index in [-0.39, 0.29) is 29.2 Å². The number of carbonyl (C=O) groups is 1. The number of nitrogens with zero attached hydrogens (tertiary/aromatic N) is 2. The second-order valence-corrected chi connectivity index (χ2v) is 3.95. The quantitative estimate of drug-likeness (QED) is 0.861. The van der Waals surface area contributed by atoms with Gasteiger partial charge >= 0.3 is 5.97 Å². The van der Waals surface area contributed by atoms with E-state index in [1.54, 1.807) is 0 Å². The molecule has 1 aromatic heterocycles. The monoisotopic (exact) mass is 270 g/mol. The minimum absolute atomic E-state index is 0.149. The maximum absolute atomic E-state index is 13.5. The summed E-state index contributed by atoms with van der Waals surface area (Å²) < 4.78 is 14.5. The zero-order valence-corrected chi connectivity index (χ0v) is 9.82. The Hall–Kier alpha value is -1.95. The fraction of sp³-hybridized carbons (Fsp3) is 0.182. The van der Waals surface area contributed by atoms with Gasteiger partial charge in [-0.1, -0.05) is 6.07 Å². The number of hydrogen-bond donors (Lipinski definition) is 1. The standard InChI is InChI=1S/C11H8ClFN2O3/c12-11-14-7-3-1-2-6(13)9(7)10(18)15(11)5-4-8(16)17/h1-3H,4-5H2,(H,16,17). The summed E-state index contributed by atoms with van der Waals surface area (Å²) in [6.45, 7) is -0.149. The molecule has 94 valence electrons. The molecule has 0 saturated carbocycles. The normalized spacial score (nSPS) is 10.8. The van der Waals surface area contributed by atoms with Crippen LogP contribution >= 0.6 is 11.6 Å². The van der Waals surface area contributed by atoms with Crippen LogP contribution in [0, 0.1) is 5.82 Å². The molecule has 0 saturated heterocycles. The number of hydrogen-bond acceptors (Lipinski definition) is 3. The molecule has 7 heteroatoms. The largest absolute Gasteiger partial charge is 0.481 e. The van der Waals surface area contributed by atoms with E-state index >= 15 is 0 Å². The van der Waals surface area contributed by atoms with Crippen LogP contribution < -0.4 is 5.56 Å². The van der Waals surface area contributed by atoms with Crippen LogP contribution in [-0.2, 0) is 11.3 Å². The van der Waals surface area contributed by atoms with E-state index in [1.807, 2.05) is 0 Å². The molecule has 1 heterocycles. The van der Waals surface area contributed by atoms with Gasteiger partial charge in [0.2, 0.25) is 5.28 Å². The molecule has 0 spiro atoms. The number of carboxylic acid groups (broad SMARTS) is 1. The summed E-state index contributed by atoms with van der Waals surface area (Å²) >= 11 is 5.78. The smallest absolute Gasteiger partial charge is 0.305 e. The van der Waals surface area contributed by atoms with E-state index in [4.69, 9.17) is 16.7 Å². The molecule has 0 aliphatic carbocycles. The second kappa shape index (κ2) is 4.73. The number of benzene rings is 1. The van der Waals surface area contributed by atoms with Gasteiger partial charge in [-0.05, 0) is 23.7 Å². The molecule has 1 N–H and O–H groups in total. The number of rotatable bonds is 3. The first-order chi connectivity index (χ1) is 8.50. The Balaban J connectivity index is 2.64. The molecule has 5 nitrogen and oxygen atoms in total. The van der Waals surface area contributed by atoms with Crippen molar-refractivity contribution in [1.82, 2.24) is 9.55 Å². The van der Waals surface area contributed by atoms with Gasteiger partial charge in [0.15, 0.2) is 0 Å². The number of aromatic nitrogens is 2. The van der Waals surface area contributed by atoms with Crippen molar-refractivity contribution >= 4 is 28.5 Å². The number of carboxylic acids is 1. The molecule has 2 rings (SSSR count). The van der Waals surface area contributed by atoms with Crippen LogP contribution in [0.4, 0.5) is 4.39 Å². The third kappa shape index (κ3) is 2.19. The highest BCUT2D eigenvalue weighted by Gasteiger charge is 2.13. The fourth-order valence-electron chi connectivity index (χ4n) is 1.60. The molecule has 2 aromatic rings. The van der Waals surface area contributed by atoms with Crippen molar-refractivity contribution < 1.29 is 14.3 Å². The van der Waals surface area contributed by atoms with Crippen LogP contribution in [0.15, 0.2) is 23.0 Å². The molecule has 0 aliphatic heterocycles. The zero-order valence-electron chi connectivity index (χ0n) is 9.06. The first-order valence-electron chi connectivity index (χ1n) is 5.07. The van der Waals surface area contributed by atoms with Gasteiger partial charge in [-0.25, -0.2) is 9.37 Å². The third-order valence-corrected chi connectivity index (χ3v) is 2.72. The zero-order chi connectivity index (χ0) is 13.3. The molecule has 0 radical (unpaired) electrons. The molecule has 0 fully saturated rings. The average Bonchev–Trinajstić information content (AvgIpc) is 2.27. The highest BCUT2D eigenvalue weighted by Crippen LogP contribution is 2.14. The molecule has 1 aromatic carbocycles. The molecule has 18 heavy (non-hydrogen) atoms. The Morgan fingerprint density at radius 3 is 2.89 bits per heavy atom. The lowest BCUT2D eigenvalue weighted by Gasteiger charge is -2.08. The first kappa shape index (κ1) is 12.5. The lowest BCUT2D eigenvalue weighted by atomic mass is 10.2. The van der Waals surface area contributed by atoms with Gasteiger partial charge in [0.05, 0.1) is 11.9 Å². The van der Waals surface area contributed by atoms with Crippen LogP contribution in [-0.4, -0.2) is 20.6 Å². The Kier molecular flexibility index (Phi) is 3.29. The summed E-state index contributed by atoms with van der Waals surface area (Å²) in [6.07, 6.45) is -0.290. The van der Waals surface area contributed by atoms with E-state index in [0.29, 0.717) is 0 Å². The van der Waals surface area contributed by atoms with E-state index in [1.165, 1.54) is 12.1 Å². The van der Waals surface area contributed by atoms with Crippen molar-refractivity contribution in [3.63, 3.8) is 0 Å². The van der Waals surface area contributed by atoms with Gasteiger partial charge in [0.1, 0.15) is 11.2 Å². The topological polar surface area (TPSA) is 72.2 Å².